The average Bonchev–Trinajstić information content (AvgIpc) is 3.52. The molecule has 0 spiro atoms. The fraction of sp³-hybridized carbons (Fsp3) is 0.483. The van der Waals surface area contributed by atoms with Crippen molar-refractivity contribution in [2.45, 2.75) is 77.6 Å². The van der Waals surface area contributed by atoms with E-state index in [1.54, 1.807) is 17.8 Å². The minimum atomic E-state index is -1.78. The van der Waals surface area contributed by atoms with E-state index in [0.29, 0.717) is 11.5 Å². The second kappa shape index (κ2) is 10.1. The number of benzene rings is 2. The standard InChI is InChI=1S/C29H36F2N6O/c1-19(29(38,16-36-18-32-17-34-36)25-11-7-22(30)14-26(25)31)37-27-12-10-24(13-20(27)15-33-37)35-23-8-5-21(6-9-23)28(2,3)4/h7,10-15,17-19,21,23,35,38H,5-6,8-9,16H2,1-4H3/t19-,21?,23?,29-/m1/s1. The maximum Gasteiger partial charge on any atom is 0.137 e. The molecule has 4 aromatic rings. The topological polar surface area (TPSA) is 80.8 Å². The number of aromatic nitrogens is 5. The van der Waals surface area contributed by atoms with Gasteiger partial charge in [-0.05, 0) is 68.2 Å². The monoisotopic (exact) mass is 522 g/mol. The van der Waals surface area contributed by atoms with Gasteiger partial charge in [0.15, 0.2) is 0 Å². The minimum Gasteiger partial charge on any atom is -0.382 e. The molecule has 1 aliphatic carbocycles. The Hall–Kier alpha value is -3.33. The molecule has 202 valence electrons. The van der Waals surface area contributed by atoms with Gasteiger partial charge >= 0.3 is 0 Å². The van der Waals surface area contributed by atoms with Gasteiger partial charge < -0.3 is 10.4 Å². The van der Waals surface area contributed by atoms with Crippen molar-refractivity contribution in [2.24, 2.45) is 11.3 Å². The lowest BCUT2D eigenvalue weighted by Crippen LogP contribution is -2.41. The van der Waals surface area contributed by atoms with Crippen LogP contribution in [0.4, 0.5) is 14.5 Å². The van der Waals surface area contributed by atoms with Crippen molar-refractivity contribution >= 4 is 16.6 Å². The highest BCUT2D eigenvalue weighted by Gasteiger charge is 2.41. The van der Waals surface area contributed by atoms with Crippen LogP contribution >= 0.6 is 0 Å². The zero-order valence-corrected chi connectivity index (χ0v) is 22.4. The third kappa shape index (κ3) is 5.16. The Kier molecular flexibility index (Phi) is 6.98. The largest absolute Gasteiger partial charge is 0.382 e. The second-order valence-corrected chi connectivity index (χ2v) is 11.7. The van der Waals surface area contributed by atoms with E-state index in [0.717, 1.165) is 47.5 Å². The van der Waals surface area contributed by atoms with Gasteiger partial charge in [-0.3, -0.25) is 4.68 Å². The van der Waals surface area contributed by atoms with Gasteiger partial charge in [-0.15, -0.1) is 0 Å². The van der Waals surface area contributed by atoms with Gasteiger partial charge in [-0.1, -0.05) is 26.8 Å². The van der Waals surface area contributed by atoms with Crippen LogP contribution in [0.5, 0.6) is 0 Å². The maximum atomic E-state index is 15.0. The van der Waals surface area contributed by atoms with E-state index in [9.17, 15) is 13.9 Å². The number of anilines is 1. The molecule has 2 atom stereocenters. The van der Waals surface area contributed by atoms with Crippen LogP contribution in [-0.2, 0) is 12.1 Å². The highest BCUT2D eigenvalue weighted by molar-refractivity contribution is 5.82. The van der Waals surface area contributed by atoms with E-state index in [-0.39, 0.29) is 12.1 Å². The quantitative estimate of drug-likeness (QED) is 0.308. The Morgan fingerprint density at radius 2 is 1.82 bits per heavy atom. The summed E-state index contributed by atoms with van der Waals surface area (Å²) in [4.78, 5) is 3.94. The number of hydrogen-bond donors (Lipinski definition) is 2. The van der Waals surface area contributed by atoms with Crippen LogP contribution in [0.25, 0.3) is 10.9 Å². The van der Waals surface area contributed by atoms with Crippen LogP contribution in [-0.4, -0.2) is 35.7 Å². The molecule has 1 saturated carbocycles. The molecule has 38 heavy (non-hydrogen) atoms. The molecule has 0 saturated heterocycles. The van der Waals surface area contributed by atoms with Gasteiger partial charge in [0, 0.05) is 28.7 Å². The lowest BCUT2D eigenvalue weighted by atomic mass is 9.71. The summed E-state index contributed by atoms with van der Waals surface area (Å²) in [5, 5.41) is 25.2. The number of nitrogens with one attached hydrogen (secondary N) is 1. The number of nitrogens with zero attached hydrogens (tertiary/aromatic N) is 5. The summed E-state index contributed by atoms with van der Waals surface area (Å²) in [6.07, 6.45) is 9.30. The third-order valence-electron chi connectivity index (χ3n) is 8.24. The van der Waals surface area contributed by atoms with Crippen molar-refractivity contribution in [2.75, 3.05) is 5.32 Å². The maximum absolute atomic E-state index is 15.0. The predicted octanol–water partition coefficient (Wildman–Crippen LogP) is 6.07. The van der Waals surface area contributed by atoms with E-state index in [1.807, 2.05) is 12.1 Å². The first-order valence-electron chi connectivity index (χ1n) is 13.3. The SMILES string of the molecule is C[C@@H](n1ncc2cc(NC3CCC(C(C)(C)C)CC3)ccc21)[C@](O)(Cn1cncn1)c1ccc(F)cc1F. The Balaban J connectivity index is 1.41. The molecule has 0 unspecified atom stereocenters. The van der Waals surface area contributed by atoms with Gasteiger partial charge in [0.1, 0.15) is 29.9 Å². The van der Waals surface area contributed by atoms with Crippen LogP contribution in [0, 0.1) is 23.0 Å². The van der Waals surface area contributed by atoms with Crippen LogP contribution in [0.15, 0.2) is 55.2 Å². The molecule has 7 nitrogen and oxygen atoms in total. The Morgan fingerprint density at radius 1 is 1.05 bits per heavy atom. The summed E-state index contributed by atoms with van der Waals surface area (Å²) in [6, 6.07) is 8.99. The Morgan fingerprint density at radius 3 is 2.47 bits per heavy atom. The molecule has 5 rings (SSSR count). The summed E-state index contributed by atoms with van der Waals surface area (Å²) < 4.78 is 31.8. The Bertz CT molecular complexity index is 1390. The normalized spacial score (nSPS) is 20.8. The number of rotatable bonds is 7. The van der Waals surface area contributed by atoms with Gasteiger partial charge in [-0.2, -0.15) is 10.2 Å². The fourth-order valence-electron chi connectivity index (χ4n) is 5.84. The first-order valence-corrected chi connectivity index (χ1v) is 13.3. The molecule has 2 aromatic carbocycles. The van der Waals surface area contributed by atoms with Gasteiger partial charge in [0.2, 0.25) is 0 Å². The first kappa shape index (κ1) is 26.3. The van der Waals surface area contributed by atoms with Crippen molar-refractivity contribution < 1.29 is 13.9 Å². The van der Waals surface area contributed by atoms with E-state index in [4.69, 9.17) is 0 Å². The van der Waals surface area contributed by atoms with E-state index >= 15 is 0 Å². The van der Waals surface area contributed by atoms with Crippen molar-refractivity contribution in [1.82, 2.24) is 24.5 Å². The van der Waals surface area contributed by atoms with Gasteiger partial charge in [0.25, 0.3) is 0 Å². The highest BCUT2D eigenvalue weighted by Crippen LogP contribution is 2.40. The molecule has 2 aromatic heterocycles. The van der Waals surface area contributed by atoms with Crippen LogP contribution < -0.4 is 5.32 Å². The molecule has 1 aliphatic rings. The van der Waals surface area contributed by atoms with Crippen molar-refractivity contribution in [3.63, 3.8) is 0 Å². The molecule has 0 bridgehead atoms. The number of halogens is 2. The molecule has 0 amide bonds. The third-order valence-corrected chi connectivity index (χ3v) is 8.24. The van der Waals surface area contributed by atoms with Crippen LogP contribution in [0.2, 0.25) is 0 Å². The summed E-state index contributed by atoms with van der Waals surface area (Å²) in [7, 11) is 0. The van der Waals surface area contributed by atoms with Gasteiger partial charge in [-0.25, -0.2) is 18.4 Å². The number of aliphatic hydroxyl groups is 1. The second-order valence-electron chi connectivity index (χ2n) is 11.7. The summed E-state index contributed by atoms with van der Waals surface area (Å²) in [6.45, 7) is 8.67. The fourth-order valence-corrected chi connectivity index (χ4v) is 5.84. The van der Waals surface area contributed by atoms with E-state index in [2.05, 4.69) is 47.3 Å². The number of fused-ring (bicyclic) bond motifs is 1. The molecule has 2 heterocycles. The molecule has 9 heteroatoms. The lowest BCUT2D eigenvalue weighted by molar-refractivity contribution is -0.0354. The van der Waals surface area contributed by atoms with E-state index < -0.39 is 23.3 Å². The summed E-state index contributed by atoms with van der Waals surface area (Å²) in [5.74, 6) is -0.785. The average molecular weight is 523 g/mol. The van der Waals surface area contributed by atoms with Crippen LogP contribution in [0.3, 0.4) is 0 Å². The Labute approximate surface area is 221 Å². The van der Waals surface area contributed by atoms with E-state index in [1.165, 1.54) is 36.2 Å². The number of hydrogen-bond acceptors (Lipinski definition) is 5. The summed E-state index contributed by atoms with van der Waals surface area (Å²) in [5.41, 5.74) is 0.370. The molecule has 0 aliphatic heterocycles. The molecular formula is C29H36F2N6O. The lowest BCUT2D eigenvalue weighted by Gasteiger charge is -2.37. The minimum absolute atomic E-state index is 0.0327. The zero-order chi connectivity index (χ0) is 27.1. The van der Waals surface area contributed by atoms with Crippen molar-refractivity contribution in [3.8, 4) is 0 Å². The summed E-state index contributed by atoms with van der Waals surface area (Å²) >= 11 is 0. The van der Waals surface area contributed by atoms with Crippen molar-refractivity contribution in [1.29, 1.82) is 0 Å². The molecule has 1 fully saturated rings. The molecular weight excluding hydrogens is 486 g/mol. The molecule has 2 N–H and O–H groups in total. The highest BCUT2D eigenvalue weighted by atomic mass is 19.1. The smallest absolute Gasteiger partial charge is 0.137 e. The van der Waals surface area contributed by atoms with Gasteiger partial charge in [0.05, 0.1) is 24.3 Å². The zero-order valence-electron chi connectivity index (χ0n) is 22.4. The van der Waals surface area contributed by atoms with Crippen LogP contribution in [0.1, 0.15) is 65.0 Å². The first-order chi connectivity index (χ1) is 18.0. The predicted molar refractivity (Wildman–Crippen MR) is 144 cm³/mol. The molecule has 0 radical (unpaired) electrons. The van der Waals surface area contributed by atoms with Crippen molar-refractivity contribution in [3.05, 3.63) is 72.4 Å².